The topological polar surface area (TPSA) is 24.4 Å². The van der Waals surface area contributed by atoms with Crippen LogP contribution in [0.25, 0.3) is 0 Å². The summed E-state index contributed by atoms with van der Waals surface area (Å²) in [7, 11) is 0. The van der Waals surface area contributed by atoms with Crippen molar-refractivity contribution in [2.24, 2.45) is 16.8 Å². The predicted octanol–water partition coefficient (Wildman–Crippen LogP) is 1.90. The van der Waals surface area contributed by atoms with Gasteiger partial charge in [-0.3, -0.25) is 4.99 Å². The molecule has 14 heavy (non-hydrogen) atoms. The zero-order valence-electron chi connectivity index (χ0n) is 8.26. The molecule has 1 aliphatic carbocycles. The second-order valence-corrected chi connectivity index (χ2v) is 4.46. The molecule has 2 aliphatic heterocycles. The molecule has 0 aromatic heterocycles. The molecule has 2 nitrogen and oxygen atoms in total. The second-order valence-electron chi connectivity index (χ2n) is 4.46. The Morgan fingerprint density at radius 3 is 3.07 bits per heavy atom. The number of rotatable bonds is 0. The van der Waals surface area contributed by atoms with Crippen molar-refractivity contribution in [3.8, 4) is 0 Å². The van der Waals surface area contributed by atoms with E-state index in [1.807, 2.05) is 6.20 Å². The molecule has 1 N–H and O–H groups in total. The van der Waals surface area contributed by atoms with Crippen molar-refractivity contribution in [1.29, 1.82) is 0 Å². The lowest BCUT2D eigenvalue weighted by Crippen LogP contribution is -2.29. The van der Waals surface area contributed by atoms with E-state index in [-0.39, 0.29) is 0 Å². The molecular formula is C12H16N2. The lowest BCUT2D eigenvalue weighted by atomic mass is 9.80. The zero-order chi connectivity index (χ0) is 9.38. The Labute approximate surface area is 84.8 Å². The number of nitrogens with zero attached hydrogens (tertiary/aromatic N) is 1. The van der Waals surface area contributed by atoms with E-state index in [0.29, 0.717) is 12.1 Å². The van der Waals surface area contributed by atoms with Gasteiger partial charge in [-0.05, 0) is 37.2 Å². The van der Waals surface area contributed by atoms with Gasteiger partial charge in [-0.2, -0.15) is 0 Å². The van der Waals surface area contributed by atoms with Crippen molar-refractivity contribution in [3.63, 3.8) is 0 Å². The highest BCUT2D eigenvalue weighted by atomic mass is 15.0. The molecule has 0 aromatic carbocycles. The summed E-state index contributed by atoms with van der Waals surface area (Å²) in [5.41, 5.74) is 0. The van der Waals surface area contributed by atoms with Crippen LogP contribution in [0.4, 0.5) is 0 Å². The van der Waals surface area contributed by atoms with E-state index in [1.54, 1.807) is 0 Å². The van der Waals surface area contributed by atoms with Gasteiger partial charge in [-0.1, -0.05) is 12.2 Å². The molecule has 3 rings (SSSR count). The van der Waals surface area contributed by atoms with Crippen LogP contribution >= 0.6 is 0 Å². The fraction of sp³-hybridized carbons (Fsp3) is 0.583. The van der Waals surface area contributed by atoms with E-state index >= 15 is 0 Å². The molecule has 0 bridgehead atoms. The van der Waals surface area contributed by atoms with Crippen LogP contribution in [0.3, 0.4) is 0 Å². The molecule has 1 saturated heterocycles. The molecule has 74 valence electrons. The van der Waals surface area contributed by atoms with E-state index in [2.05, 4.69) is 34.8 Å². The number of fused-ring (bicyclic) bond motifs is 3. The van der Waals surface area contributed by atoms with Crippen molar-refractivity contribution < 1.29 is 0 Å². The zero-order valence-corrected chi connectivity index (χ0v) is 8.26. The van der Waals surface area contributed by atoms with Crippen LogP contribution in [0, 0.1) is 11.8 Å². The SMILES string of the molecule is C1=CC2NC3C=CN=CCC3C2CC1. The first kappa shape index (κ1) is 8.42. The summed E-state index contributed by atoms with van der Waals surface area (Å²) in [6, 6.07) is 1.17. The van der Waals surface area contributed by atoms with E-state index in [9.17, 15) is 0 Å². The Morgan fingerprint density at radius 1 is 1.14 bits per heavy atom. The van der Waals surface area contributed by atoms with Crippen molar-refractivity contribution in [2.75, 3.05) is 0 Å². The number of hydrogen-bond acceptors (Lipinski definition) is 2. The first-order valence-corrected chi connectivity index (χ1v) is 5.56. The third-order valence-electron chi connectivity index (χ3n) is 3.73. The molecule has 4 unspecified atom stereocenters. The van der Waals surface area contributed by atoms with Gasteiger partial charge in [-0.25, -0.2) is 0 Å². The summed E-state index contributed by atoms with van der Waals surface area (Å²) in [6.07, 6.45) is 14.6. The highest BCUT2D eigenvalue weighted by Gasteiger charge is 2.40. The molecule has 0 saturated carbocycles. The van der Waals surface area contributed by atoms with Crippen LogP contribution in [-0.2, 0) is 0 Å². The summed E-state index contributed by atoms with van der Waals surface area (Å²) >= 11 is 0. The maximum atomic E-state index is 4.23. The lowest BCUT2D eigenvalue weighted by molar-refractivity contribution is 0.355. The first-order chi connectivity index (χ1) is 6.95. The van der Waals surface area contributed by atoms with Crippen molar-refractivity contribution in [2.45, 2.75) is 31.3 Å². The highest BCUT2D eigenvalue weighted by molar-refractivity contribution is 5.59. The van der Waals surface area contributed by atoms with Gasteiger partial charge in [0.1, 0.15) is 0 Å². The van der Waals surface area contributed by atoms with E-state index in [0.717, 1.165) is 18.3 Å². The van der Waals surface area contributed by atoms with Gasteiger partial charge in [0.05, 0.1) is 0 Å². The van der Waals surface area contributed by atoms with Crippen molar-refractivity contribution in [1.82, 2.24) is 5.32 Å². The molecule has 3 aliphatic rings. The van der Waals surface area contributed by atoms with Gasteiger partial charge in [0.2, 0.25) is 0 Å². The number of nitrogens with one attached hydrogen (secondary N) is 1. The molecular weight excluding hydrogens is 172 g/mol. The van der Waals surface area contributed by atoms with Gasteiger partial charge < -0.3 is 5.32 Å². The lowest BCUT2D eigenvalue weighted by Gasteiger charge is -2.24. The van der Waals surface area contributed by atoms with Crippen LogP contribution in [-0.4, -0.2) is 18.3 Å². The van der Waals surface area contributed by atoms with Gasteiger partial charge >= 0.3 is 0 Å². The fourth-order valence-corrected chi connectivity index (χ4v) is 3.03. The monoisotopic (exact) mass is 188 g/mol. The Balaban J connectivity index is 1.87. The average Bonchev–Trinajstić information content (AvgIpc) is 2.42. The molecule has 2 heterocycles. The maximum Gasteiger partial charge on any atom is 0.0308 e. The summed E-state index contributed by atoms with van der Waals surface area (Å²) < 4.78 is 0. The third kappa shape index (κ3) is 1.25. The standard InChI is InChI=1S/C12H16N2/c1-2-4-11-9(3-1)10-5-7-13-8-6-12(10)14-11/h2,4,6-12,14H,1,3,5H2. The third-order valence-corrected chi connectivity index (χ3v) is 3.73. The van der Waals surface area contributed by atoms with E-state index < -0.39 is 0 Å². The minimum atomic E-state index is 0.551. The fourth-order valence-electron chi connectivity index (χ4n) is 3.03. The van der Waals surface area contributed by atoms with Gasteiger partial charge in [0.15, 0.2) is 0 Å². The molecule has 0 radical (unpaired) electrons. The predicted molar refractivity (Wildman–Crippen MR) is 58.3 cm³/mol. The summed E-state index contributed by atoms with van der Waals surface area (Å²) in [6.45, 7) is 0. The minimum Gasteiger partial charge on any atom is -0.304 e. The highest BCUT2D eigenvalue weighted by Crippen LogP contribution is 2.37. The average molecular weight is 188 g/mol. The van der Waals surface area contributed by atoms with E-state index in [1.165, 1.54) is 12.8 Å². The molecule has 0 amide bonds. The van der Waals surface area contributed by atoms with Crippen molar-refractivity contribution >= 4 is 6.21 Å². The number of allylic oxidation sites excluding steroid dienone is 1. The van der Waals surface area contributed by atoms with Gasteiger partial charge in [-0.15, -0.1) is 0 Å². The number of hydrogen-bond donors (Lipinski definition) is 1. The Morgan fingerprint density at radius 2 is 2.07 bits per heavy atom. The smallest absolute Gasteiger partial charge is 0.0308 e. The van der Waals surface area contributed by atoms with Crippen LogP contribution in [0.15, 0.2) is 29.4 Å². The van der Waals surface area contributed by atoms with Crippen LogP contribution in [0.2, 0.25) is 0 Å². The van der Waals surface area contributed by atoms with E-state index in [4.69, 9.17) is 0 Å². The molecule has 0 aromatic rings. The van der Waals surface area contributed by atoms with Crippen LogP contribution < -0.4 is 5.32 Å². The Hall–Kier alpha value is -0.890. The molecule has 4 atom stereocenters. The summed E-state index contributed by atoms with van der Waals surface area (Å²) in [5.74, 6) is 1.60. The second kappa shape index (κ2) is 3.35. The summed E-state index contributed by atoms with van der Waals surface area (Å²) in [5, 5.41) is 3.68. The molecule has 1 fully saturated rings. The van der Waals surface area contributed by atoms with Crippen molar-refractivity contribution in [3.05, 3.63) is 24.4 Å². The van der Waals surface area contributed by atoms with Gasteiger partial charge in [0, 0.05) is 24.5 Å². The minimum absolute atomic E-state index is 0.551. The summed E-state index contributed by atoms with van der Waals surface area (Å²) in [4.78, 5) is 4.23. The van der Waals surface area contributed by atoms with Crippen LogP contribution in [0.1, 0.15) is 19.3 Å². The maximum absolute atomic E-state index is 4.23. The Bertz CT molecular complexity index is 303. The largest absolute Gasteiger partial charge is 0.304 e. The first-order valence-electron chi connectivity index (χ1n) is 5.56. The van der Waals surface area contributed by atoms with Gasteiger partial charge in [0.25, 0.3) is 0 Å². The Kier molecular flexibility index (Phi) is 2.02. The quantitative estimate of drug-likeness (QED) is 0.577. The number of aliphatic imine (C=N–C) groups is 1. The van der Waals surface area contributed by atoms with Crippen LogP contribution in [0.5, 0.6) is 0 Å². The molecule has 0 spiro atoms. The normalized spacial score (nSPS) is 44.6. The molecule has 2 heteroatoms.